The molecule has 2 fully saturated rings. The molecule has 2 heterocycles. The predicted molar refractivity (Wildman–Crippen MR) is 104 cm³/mol. The van der Waals surface area contributed by atoms with E-state index in [2.05, 4.69) is 12.2 Å². The molecule has 2 aliphatic heterocycles. The van der Waals surface area contributed by atoms with E-state index < -0.39 is 0 Å². The SMILES string of the molecule is CCC1CN(C(=O)N2CCOCC2)CCC1CC(=O)NCc1ccccc1. The van der Waals surface area contributed by atoms with Crippen molar-refractivity contribution in [2.75, 3.05) is 39.4 Å². The smallest absolute Gasteiger partial charge is 0.320 e. The van der Waals surface area contributed by atoms with Crippen LogP contribution in [0.3, 0.4) is 0 Å². The van der Waals surface area contributed by atoms with Crippen molar-refractivity contribution in [3.8, 4) is 0 Å². The molecule has 6 heteroatoms. The molecule has 3 rings (SSSR count). The van der Waals surface area contributed by atoms with Crippen LogP contribution in [0.25, 0.3) is 0 Å². The van der Waals surface area contributed by atoms with Gasteiger partial charge in [0.2, 0.25) is 5.91 Å². The molecule has 148 valence electrons. The van der Waals surface area contributed by atoms with Crippen molar-refractivity contribution in [1.82, 2.24) is 15.1 Å². The average Bonchev–Trinajstić information content (AvgIpc) is 2.73. The number of piperidine rings is 1. The van der Waals surface area contributed by atoms with Crippen LogP contribution >= 0.6 is 0 Å². The van der Waals surface area contributed by atoms with Crippen molar-refractivity contribution < 1.29 is 14.3 Å². The minimum absolute atomic E-state index is 0.107. The minimum atomic E-state index is 0.107. The summed E-state index contributed by atoms with van der Waals surface area (Å²) in [6.45, 7) is 6.83. The number of nitrogens with zero attached hydrogens (tertiary/aromatic N) is 2. The number of amides is 3. The second kappa shape index (κ2) is 9.74. The molecule has 0 bridgehead atoms. The van der Waals surface area contributed by atoms with Crippen molar-refractivity contribution in [2.24, 2.45) is 11.8 Å². The lowest BCUT2D eigenvalue weighted by Crippen LogP contribution is -2.52. The van der Waals surface area contributed by atoms with Gasteiger partial charge in [0.05, 0.1) is 13.2 Å². The number of hydrogen-bond acceptors (Lipinski definition) is 3. The Morgan fingerprint density at radius 1 is 1.07 bits per heavy atom. The molecule has 2 saturated heterocycles. The van der Waals surface area contributed by atoms with Gasteiger partial charge in [-0.05, 0) is 23.8 Å². The highest BCUT2D eigenvalue weighted by atomic mass is 16.5. The average molecular weight is 373 g/mol. The summed E-state index contributed by atoms with van der Waals surface area (Å²) < 4.78 is 5.34. The second-order valence-electron chi connectivity index (χ2n) is 7.51. The minimum Gasteiger partial charge on any atom is -0.378 e. The Kier molecular flexibility index (Phi) is 7.10. The molecule has 0 saturated carbocycles. The summed E-state index contributed by atoms with van der Waals surface area (Å²) in [6, 6.07) is 10.1. The summed E-state index contributed by atoms with van der Waals surface area (Å²) in [4.78, 5) is 29.0. The first-order chi connectivity index (χ1) is 13.2. The summed E-state index contributed by atoms with van der Waals surface area (Å²) in [5.74, 6) is 0.834. The Morgan fingerprint density at radius 3 is 2.52 bits per heavy atom. The van der Waals surface area contributed by atoms with Gasteiger partial charge >= 0.3 is 6.03 Å². The molecular formula is C21H31N3O3. The van der Waals surface area contributed by atoms with E-state index >= 15 is 0 Å². The summed E-state index contributed by atoms with van der Waals surface area (Å²) in [5.41, 5.74) is 1.11. The third-order valence-electron chi connectivity index (χ3n) is 5.75. The molecule has 0 aromatic heterocycles. The zero-order valence-electron chi connectivity index (χ0n) is 16.2. The van der Waals surface area contributed by atoms with Gasteiger partial charge in [-0.15, -0.1) is 0 Å². The van der Waals surface area contributed by atoms with Crippen molar-refractivity contribution in [3.63, 3.8) is 0 Å². The van der Waals surface area contributed by atoms with Crippen LogP contribution in [0, 0.1) is 11.8 Å². The van der Waals surface area contributed by atoms with Crippen molar-refractivity contribution in [2.45, 2.75) is 32.7 Å². The highest BCUT2D eigenvalue weighted by Crippen LogP contribution is 2.29. The number of carbonyl (C=O) groups is 2. The number of morpholine rings is 1. The van der Waals surface area contributed by atoms with Crippen LogP contribution in [0.4, 0.5) is 4.79 Å². The Balaban J connectivity index is 1.47. The normalized spacial score (nSPS) is 23.1. The van der Waals surface area contributed by atoms with Crippen molar-refractivity contribution in [3.05, 3.63) is 35.9 Å². The molecule has 3 amide bonds. The highest BCUT2D eigenvalue weighted by Gasteiger charge is 2.33. The fourth-order valence-corrected chi connectivity index (χ4v) is 4.05. The van der Waals surface area contributed by atoms with Crippen LogP contribution < -0.4 is 5.32 Å². The molecule has 0 radical (unpaired) electrons. The van der Waals surface area contributed by atoms with Gasteiger partial charge in [0.1, 0.15) is 0 Å². The lowest BCUT2D eigenvalue weighted by atomic mass is 9.81. The number of hydrogen-bond donors (Lipinski definition) is 1. The van der Waals surface area contributed by atoms with Crippen LogP contribution in [-0.4, -0.2) is 61.1 Å². The summed E-state index contributed by atoms with van der Waals surface area (Å²) >= 11 is 0. The number of rotatable bonds is 5. The topological polar surface area (TPSA) is 61.9 Å². The molecule has 1 N–H and O–H groups in total. The summed E-state index contributed by atoms with van der Waals surface area (Å²) in [6.07, 6.45) is 2.43. The first-order valence-corrected chi connectivity index (χ1v) is 10.1. The molecule has 0 aliphatic carbocycles. The van der Waals surface area contributed by atoms with Crippen LogP contribution in [0.2, 0.25) is 0 Å². The van der Waals surface area contributed by atoms with Gasteiger partial charge in [0.25, 0.3) is 0 Å². The molecule has 2 unspecified atom stereocenters. The van der Waals surface area contributed by atoms with Crippen LogP contribution in [-0.2, 0) is 16.1 Å². The van der Waals surface area contributed by atoms with Gasteiger partial charge in [-0.3, -0.25) is 4.79 Å². The number of carbonyl (C=O) groups excluding carboxylic acids is 2. The predicted octanol–water partition coefficient (Wildman–Crippen LogP) is 2.49. The molecule has 6 nitrogen and oxygen atoms in total. The monoisotopic (exact) mass is 373 g/mol. The molecule has 2 atom stereocenters. The van der Waals surface area contributed by atoms with E-state index in [4.69, 9.17) is 4.74 Å². The maximum absolute atomic E-state index is 12.7. The van der Waals surface area contributed by atoms with E-state index in [9.17, 15) is 9.59 Å². The maximum atomic E-state index is 12.7. The molecular weight excluding hydrogens is 342 g/mol. The van der Waals surface area contributed by atoms with E-state index in [0.717, 1.165) is 31.5 Å². The molecule has 0 spiro atoms. The van der Waals surface area contributed by atoms with E-state index in [1.807, 2.05) is 40.1 Å². The van der Waals surface area contributed by atoms with Crippen molar-refractivity contribution in [1.29, 1.82) is 0 Å². The summed E-state index contributed by atoms with van der Waals surface area (Å²) in [7, 11) is 0. The quantitative estimate of drug-likeness (QED) is 0.863. The largest absolute Gasteiger partial charge is 0.378 e. The van der Waals surface area contributed by atoms with E-state index in [1.54, 1.807) is 0 Å². The Labute approximate surface area is 161 Å². The number of urea groups is 1. The molecule has 27 heavy (non-hydrogen) atoms. The number of likely N-dealkylation sites (tertiary alicyclic amines) is 1. The lowest BCUT2D eigenvalue weighted by molar-refractivity contribution is -0.123. The summed E-state index contributed by atoms with van der Waals surface area (Å²) in [5, 5.41) is 3.03. The third-order valence-corrected chi connectivity index (χ3v) is 5.75. The second-order valence-corrected chi connectivity index (χ2v) is 7.51. The molecule has 1 aromatic carbocycles. The highest BCUT2D eigenvalue weighted by molar-refractivity contribution is 5.76. The zero-order valence-corrected chi connectivity index (χ0v) is 16.2. The Bertz CT molecular complexity index is 616. The number of nitrogens with one attached hydrogen (secondary N) is 1. The van der Waals surface area contributed by atoms with Gasteiger partial charge in [-0.1, -0.05) is 43.7 Å². The van der Waals surface area contributed by atoms with Gasteiger partial charge in [-0.2, -0.15) is 0 Å². The fourth-order valence-electron chi connectivity index (χ4n) is 4.05. The third kappa shape index (κ3) is 5.45. The fraction of sp³-hybridized carbons (Fsp3) is 0.619. The van der Waals surface area contributed by atoms with Gasteiger partial charge in [0.15, 0.2) is 0 Å². The van der Waals surface area contributed by atoms with Gasteiger partial charge < -0.3 is 19.9 Å². The zero-order chi connectivity index (χ0) is 19.1. The van der Waals surface area contributed by atoms with Gasteiger partial charge in [0, 0.05) is 39.1 Å². The van der Waals surface area contributed by atoms with E-state index in [-0.39, 0.29) is 11.9 Å². The number of benzene rings is 1. The number of ether oxygens (including phenoxy) is 1. The first-order valence-electron chi connectivity index (χ1n) is 10.1. The molecule has 1 aromatic rings. The maximum Gasteiger partial charge on any atom is 0.320 e. The van der Waals surface area contributed by atoms with Crippen molar-refractivity contribution >= 4 is 11.9 Å². The lowest BCUT2D eigenvalue weighted by Gasteiger charge is -2.41. The van der Waals surface area contributed by atoms with E-state index in [0.29, 0.717) is 51.1 Å². The first kappa shape index (κ1) is 19.7. The van der Waals surface area contributed by atoms with Crippen LogP contribution in [0.5, 0.6) is 0 Å². The van der Waals surface area contributed by atoms with E-state index in [1.165, 1.54) is 0 Å². The van der Waals surface area contributed by atoms with Crippen LogP contribution in [0.1, 0.15) is 31.7 Å². The standard InChI is InChI=1S/C21H31N3O3/c1-2-18-16-24(21(26)23-10-12-27-13-11-23)9-8-19(18)14-20(25)22-15-17-6-4-3-5-7-17/h3-7,18-19H,2,8-16H2,1H3,(H,22,25). The Hall–Kier alpha value is -2.08. The Morgan fingerprint density at radius 2 is 1.81 bits per heavy atom. The molecule has 2 aliphatic rings. The van der Waals surface area contributed by atoms with Crippen LogP contribution in [0.15, 0.2) is 30.3 Å². The van der Waals surface area contributed by atoms with Gasteiger partial charge in [-0.25, -0.2) is 4.79 Å².